The number of urea groups is 1. The van der Waals surface area contributed by atoms with Gasteiger partial charge in [-0.25, -0.2) is 4.79 Å². The number of fused-ring (bicyclic) bond motifs is 1. The maximum absolute atomic E-state index is 13.2. The van der Waals surface area contributed by atoms with Gasteiger partial charge < -0.3 is 14.8 Å². The number of carbonyl (C=O) groups is 1. The summed E-state index contributed by atoms with van der Waals surface area (Å²) in [5.41, 5.74) is 5.63. The van der Waals surface area contributed by atoms with Crippen LogP contribution in [0.1, 0.15) is 48.2 Å². The second kappa shape index (κ2) is 7.55. The average molecular weight is 374 g/mol. The zero-order chi connectivity index (χ0) is 19.7. The van der Waals surface area contributed by atoms with Gasteiger partial charge in [0.05, 0.1) is 6.04 Å². The van der Waals surface area contributed by atoms with E-state index >= 15 is 0 Å². The molecule has 0 radical (unpaired) electrons. The van der Waals surface area contributed by atoms with E-state index in [1.165, 1.54) is 16.7 Å². The molecule has 1 aromatic heterocycles. The van der Waals surface area contributed by atoms with Crippen molar-refractivity contribution in [2.24, 2.45) is 0 Å². The minimum atomic E-state index is -0.0834. The van der Waals surface area contributed by atoms with E-state index in [1.807, 2.05) is 29.2 Å². The lowest BCUT2D eigenvalue weighted by atomic mass is 9.96. The third-order valence-corrected chi connectivity index (χ3v) is 5.61. The molecule has 2 amide bonds. The lowest BCUT2D eigenvalue weighted by Gasteiger charge is -2.38. The lowest BCUT2D eigenvalue weighted by molar-refractivity contribution is 0.181. The Hall–Kier alpha value is -3.01. The van der Waals surface area contributed by atoms with Crippen LogP contribution in [-0.2, 0) is 6.54 Å². The number of aryl methyl sites for hydroxylation is 1. The zero-order valence-corrected chi connectivity index (χ0v) is 16.7. The Balaban J connectivity index is 1.63. The predicted molar refractivity (Wildman–Crippen MR) is 114 cm³/mol. The van der Waals surface area contributed by atoms with Crippen molar-refractivity contribution in [1.29, 1.82) is 0 Å². The number of hydrogen-bond acceptors (Lipinski definition) is 1. The van der Waals surface area contributed by atoms with Crippen molar-refractivity contribution in [3.05, 3.63) is 89.2 Å². The van der Waals surface area contributed by atoms with E-state index < -0.39 is 0 Å². The third kappa shape index (κ3) is 3.42. The Kier molecular flexibility index (Phi) is 4.95. The molecule has 0 fully saturated rings. The second-order valence-corrected chi connectivity index (χ2v) is 7.79. The van der Waals surface area contributed by atoms with Gasteiger partial charge in [-0.15, -0.1) is 0 Å². The van der Waals surface area contributed by atoms with Crippen molar-refractivity contribution in [3.8, 4) is 0 Å². The summed E-state index contributed by atoms with van der Waals surface area (Å²) in [6.07, 6.45) is 2.10. The molecule has 4 nitrogen and oxygen atoms in total. The molecule has 144 valence electrons. The number of nitrogens with zero attached hydrogens (tertiary/aromatic N) is 2. The van der Waals surface area contributed by atoms with E-state index in [-0.39, 0.29) is 12.1 Å². The van der Waals surface area contributed by atoms with Crippen LogP contribution in [0.15, 0.2) is 66.9 Å². The molecule has 0 aliphatic carbocycles. The summed E-state index contributed by atoms with van der Waals surface area (Å²) < 4.78 is 2.25. The van der Waals surface area contributed by atoms with Crippen LogP contribution >= 0.6 is 0 Å². The summed E-state index contributed by atoms with van der Waals surface area (Å²) in [6.45, 7) is 7.94. The van der Waals surface area contributed by atoms with Crippen LogP contribution in [-0.4, -0.2) is 22.0 Å². The summed E-state index contributed by atoms with van der Waals surface area (Å²) in [7, 11) is 0. The summed E-state index contributed by atoms with van der Waals surface area (Å²) in [4.78, 5) is 15.2. The molecule has 0 saturated carbocycles. The Morgan fingerprint density at radius 1 is 1.00 bits per heavy atom. The molecule has 0 spiro atoms. The van der Waals surface area contributed by atoms with Crippen LogP contribution < -0.4 is 5.32 Å². The van der Waals surface area contributed by atoms with E-state index in [1.54, 1.807) is 0 Å². The first-order valence-electron chi connectivity index (χ1n) is 9.92. The number of carbonyl (C=O) groups excluding carboxylic acids is 1. The Labute approximate surface area is 166 Å². The summed E-state index contributed by atoms with van der Waals surface area (Å²) in [6, 6.07) is 20.5. The highest BCUT2D eigenvalue weighted by atomic mass is 16.2. The molecule has 1 aliphatic heterocycles. The van der Waals surface area contributed by atoms with Crippen molar-refractivity contribution in [2.75, 3.05) is 11.9 Å². The van der Waals surface area contributed by atoms with Crippen LogP contribution in [0.2, 0.25) is 0 Å². The first-order chi connectivity index (χ1) is 13.5. The quantitative estimate of drug-likeness (QED) is 0.641. The van der Waals surface area contributed by atoms with Crippen LogP contribution in [0.4, 0.5) is 10.5 Å². The summed E-state index contributed by atoms with van der Waals surface area (Å²) in [5, 5.41) is 3.10. The van der Waals surface area contributed by atoms with Gasteiger partial charge in [0.15, 0.2) is 0 Å². The second-order valence-electron chi connectivity index (χ2n) is 7.79. The van der Waals surface area contributed by atoms with Crippen molar-refractivity contribution < 1.29 is 4.79 Å². The van der Waals surface area contributed by atoms with Gasteiger partial charge in [0.1, 0.15) is 0 Å². The number of aromatic nitrogens is 1. The van der Waals surface area contributed by atoms with E-state index in [9.17, 15) is 4.79 Å². The van der Waals surface area contributed by atoms with Crippen molar-refractivity contribution >= 4 is 11.7 Å². The monoisotopic (exact) mass is 373 g/mol. The van der Waals surface area contributed by atoms with Gasteiger partial charge in [0.2, 0.25) is 0 Å². The first kappa shape index (κ1) is 18.4. The molecule has 0 saturated heterocycles. The zero-order valence-electron chi connectivity index (χ0n) is 16.7. The molecular weight excluding hydrogens is 346 g/mol. The van der Waals surface area contributed by atoms with Gasteiger partial charge in [-0.1, -0.05) is 50.2 Å². The lowest BCUT2D eigenvalue weighted by Crippen LogP contribution is -2.44. The minimum absolute atomic E-state index is 0.0574. The highest BCUT2D eigenvalue weighted by Gasteiger charge is 2.32. The number of benzene rings is 2. The van der Waals surface area contributed by atoms with Gasteiger partial charge in [0.25, 0.3) is 0 Å². The van der Waals surface area contributed by atoms with E-state index in [0.29, 0.717) is 12.5 Å². The largest absolute Gasteiger partial charge is 0.348 e. The van der Waals surface area contributed by atoms with E-state index in [4.69, 9.17) is 0 Å². The molecule has 0 unspecified atom stereocenters. The standard InChI is InChI=1S/C24H27N3O/c1-17(2)19-10-12-20(13-11-19)25-24(28)27-16-15-26-14-6-9-22(26)23(27)21-8-5-4-7-18(21)3/h4-14,17,23H,15-16H2,1-3H3,(H,25,28)/t23-/m1/s1. The molecule has 1 N–H and O–H groups in total. The summed E-state index contributed by atoms with van der Waals surface area (Å²) in [5.74, 6) is 0.477. The molecule has 2 aromatic carbocycles. The van der Waals surface area contributed by atoms with Crippen LogP contribution in [0.3, 0.4) is 0 Å². The number of anilines is 1. The van der Waals surface area contributed by atoms with Crippen molar-refractivity contribution in [1.82, 2.24) is 9.47 Å². The normalized spacial score (nSPS) is 16.1. The Morgan fingerprint density at radius 2 is 1.75 bits per heavy atom. The van der Waals surface area contributed by atoms with Crippen molar-refractivity contribution in [3.63, 3.8) is 0 Å². The van der Waals surface area contributed by atoms with Crippen LogP contribution in [0.25, 0.3) is 0 Å². The molecule has 1 atom stereocenters. The summed E-state index contributed by atoms with van der Waals surface area (Å²) >= 11 is 0. The van der Waals surface area contributed by atoms with Gasteiger partial charge in [-0.05, 0) is 53.8 Å². The fraction of sp³-hybridized carbons (Fsp3) is 0.292. The van der Waals surface area contributed by atoms with Crippen molar-refractivity contribution in [2.45, 2.75) is 39.3 Å². The first-order valence-corrected chi connectivity index (χ1v) is 9.92. The number of nitrogens with one attached hydrogen (secondary N) is 1. The Morgan fingerprint density at radius 3 is 2.46 bits per heavy atom. The fourth-order valence-electron chi connectivity index (χ4n) is 3.97. The average Bonchev–Trinajstić information content (AvgIpc) is 3.17. The highest BCUT2D eigenvalue weighted by molar-refractivity contribution is 5.90. The molecular formula is C24H27N3O. The smallest absolute Gasteiger partial charge is 0.322 e. The SMILES string of the molecule is Cc1ccccc1[C@@H]1c2cccn2CCN1C(=O)Nc1ccc(C(C)C)cc1. The van der Waals surface area contributed by atoms with Gasteiger partial charge >= 0.3 is 6.03 Å². The number of amides is 2. The van der Waals surface area contributed by atoms with E-state index in [2.05, 4.69) is 73.3 Å². The molecule has 0 bridgehead atoms. The van der Waals surface area contributed by atoms with Gasteiger partial charge in [-0.3, -0.25) is 0 Å². The minimum Gasteiger partial charge on any atom is -0.348 e. The van der Waals surface area contributed by atoms with Gasteiger partial charge in [0, 0.05) is 30.7 Å². The van der Waals surface area contributed by atoms with Crippen LogP contribution in [0.5, 0.6) is 0 Å². The Bertz CT molecular complexity index is 972. The van der Waals surface area contributed by atoms with Crippen LogP contribution in [0, 0.1) is 6.92 Å². The molecule has 4 rings (SSSR count). The molecule has 4 heteroatoms. The molecule has 1 aliphatic rings. The molecule has 2 heterocycles. The topological polar surface area (TPSA) is 37.3 Å². The number of hydrogen-bond donors (Lipinski definition) is 1. The van der Waals surface area contributed by atoms with Gasteiger partial charge in [-0.2, -0.15) is 0 Å². The predicted octanol–water partition coefficient (Wildman–Crippen LogP) is 5.56. The third-order valence-electron chi connectivity index (χ3n) is 5.61. The maximum Gasteiger partial charge on any atom is 0.322 e. The fourth-order valence-corrected chi connectivity index (χ4v) is 3.97. The highest BCUT2D eigenvalue weighted by Crippen LogP contribution is 2.34. The molecule has 28 heavy (non-hydrogen) atoms. The maximum atomic E-state index is 13.2. The molecule has 3 aromatic rings. The van der Waals surface area contributed by atoms with E-state index in [0.717, 1.165) is 17.9 Å². The number of rotatable bonds is 3.